The Balaban J connectivity index is 1.59. The van der Waals surface area contributed by atoms with Crippen molar-refractivity contribution < 1.29 is 9.53 Å². The summed E-state index contributed by atoms with van der Waals surface area (Å²) in [5.74, 6) is 1.14. The lowest BCUT2D eigenvalue weighted by Gasteiger charge is -2.11. The number of ether oxygens (including phenoxy) is 1. The zero-order valence-corrected chi connectivity index (χ0v) is 15.9. The number of methoxy groups -OCH3 is 1. The van der Waals surface area contributed by atoms with E-state index in [2.05, 4.69) is 15.6 Å². The van der Waals surface area contributed by atoms with Gasteiger partial charge in [-0.3, -0.25) is 4.79 Å². The molecular weight excluding hydrogens is 362 g/mol. The van der Waals surface area contributed by atoms with E-state index in [9.17, 15) is 4.79 Å². The zero-order valence-electron chi connectivity index (χ0n) is 15.1. The van der Waals surface area contributed by atoms with Crippen LogP contribution < -0.4 is 15.4 Å². The molecule has 0 fully saturated rings. The number of halogens is 1. The van der Waals surface area contributed by atoms with E-state index in [-0.39, 0.29) is 12.3 Å². The summed E-state index contributed by atoms with van der Waals surface area (Å²) >= 11 is 6.14. The van der Waals surface area contributed by atoms with E-state index in [0.717, 1.165) is 28.3 Å². The molecule has 1 heterocycles. The van der Waals surface area contributed by atoms with Crippen LogP contribution >= 0.6 is 11.6 Å². The minimum absolute atomic E-state index is 0.126. The molecule has 0 spiro atoms. The number of benzene rings is 2. The molecule has 6 heteroatoms. The van der Waals surface area contributed by atoms with Crippen LogP contribution in [0.25, 0.3) is 0 Å². The van der Waals surface area contributed by atoms with Crippen molar-refractivity contribution in [3.63, 3.8) is 0 Å². The first-order valence-electron chi connectivity index (χ1n) is 8.46. The van der Waals surface area contributed by atoms with Crippen molar-refractivity contribution in [2.75, 3.05) is 17.7 Å². The van der Waals surface area contributed by atoms with Gasteiger partial charge >= 0.3 is 0 Å². The molecule has 1 aromatic heterocycles. The van der Waals surface area contributed by atoms with Gasteiger partial charge in [0, 0.05) is 10.7 Å². The number of nitrogens with zero attached hydrogens (tertiary/aromatic N) is 1. The van der Waals surface area contributed by atoms with E-state index in [1.54, 1.807) is 19.4 Å². The van der Waals surface area contributed by atoms with Gasteiger partial charge in [0.1, 0.15) is 11.6 Å². The minimum atomic E-state index is -0.126. The molecule has 2 aromatic carbocycles. The lowest BCUT2D eigenvalue weighted by atomic mass is 10.1. The summed E-state index contributed by atoms with van der Waals surface area (Å²) in [6.07, 6.45) is 1.94. The Morgan fingerprint density at radius 1 is 1.11 bits per heavy atom. The fourth-order valence-corrected chi connectivity index (χ4v) is 2.73. The number of pyridine rings is 1. The topological polar surface area (TPSA) is 63.2 Å². The standard InChI is InChI=1S/C21H20ClN3O2/c1-14-18(22)4-3-5-19(14)24-16-8-11-20(23-13-16)25-21(26)12-15-6-9-17(27-2)10-7-15/h3-11,13,24H,12H2,1-2H3,(H,23,25,26). The second kappa shape index (κ2) is 8.56. The Kier molecular flexibility index (Phi) is 5.94. The maximum Gasteiger partial charge on any atom is 0.229 e. The highest BCUT2D eigenvalue weighted by atomic mass is 35.5. The Morgan fingerprint density at radius 2 is 1.89 bits per heavy atom. The van der Waals surface area contributed by atoms with E-state index in [0.29, 0.717) is 10.8 Å². The van der Waals surface area contributed by atoms with E-state index in [4.69, 9.17) is 16.3 Å². The minimum Gasteiger partial charge on any atom is -0.497 e. The van der Waals surface area contributed by atoms with Gasteiger partial charge < -0.3 is 15.4 Å². The molecular formula is C21H20ClN3O2. The van der Waals surface area contributed by atoms with Gasteiger partial charge in [-0.1, -0.05) is 29.8 Å². The van der Waals surface area contributed by atoms with Crippen LogP contribution in [0.3, 0.4) is 0 Å². The molecule has 3 rings (SSSR count). The van der Waals surface area contributed by atoms with Gasteiger partial charge in [0.25, 0.3) is 0 Å². The molecule has 138 valence electrons. The number of hydrogen-bond donors (Lipinski definition) is 2. The molecule has 0 unspecified atom stereocenters. The van der Waals surface area contributed by atoms with Crippen molar-refractivity contribution in [2.45, 2.75) is 13.3 Å². The van der Waals surface area contributed by atoms with Gasteiger partial charge in [-0.15, -0.1) is 0 Å². The van der Waals surface area contributed by atoms with Crippen LogP contribution in [0.1, 0.15) is 11.1 Å². The summed E-state index contributed by atoms with van der Waals surface area (Å²) in [5, 5.41) is 6.78. The number of rotatable bonds is 6. The van der Waals surface area contributed by atoms with Crippen molar-refractivity contribution in [3.05, 3.63) is 76.9 Å². The van der Waals surface area contributed by atoms with E-state index in [1.807, 2.05) is 55.5 Å². The third kappa shape index (κ3) is 4.99. The summed E-state index contributed by atoms with van der Waals surface area (Å²) in [6.45, 7) is 1.95. The van der Waals surface area contributed by atoms with Crippen LogP contribution in [0, 0.1) is 6.92 Å². The number of aromatic nitrogens is 1. The lowest BCUT2D eigenvalue weighted by molar-refractivity contribution is -0.115. The predicted molar refractivity (Wildman–Crippen MR) is 109 cm³/mol. The first-order chi connectivity index (χ1) is 13.0. The molecule has 0 bridgehead atoms. The Labute approximate surface area is 163 Å². The van der Waals surface area contributed by atoms with Crippen molar-refractivity contribution in [2.24, 2.45) is 0 Å². The average molecular weight is 382 g/mol. The zero-order chi connectivity index (χ0) is 19.2. The predicted octanol–water partition coefficient (Wildman–Crippen LogP) is 4.98. The monoisotopic (exact) mass is 381 g/mol. The van der Waals surface area contributed by atoms with E-state index >= 15 is 0 Å². The normalized spacial score (nSPS) is 10.3. The fraction of sp³-hybridized carbons (Fsp3) is 0.143. The van der Waals surface area contributed by atoms with Crippen LogP contribution in [-0.2, 0) is 11.2 Å². The number of nitrogens with one attached hydrogen (secondary N) is 2. The number of carbonyl (C=O) groups excluding carboxylic acids is 1. The largest absolute Gasteiger partial charge is 0.497 e. The molecule has 0 saturated heterocycles. The Morgan fingerprint density at radius 3 is 2.56 bits per heavy atom. The summed E-state index contributed by atoms with van der Waals surface area (Å²) in [5.41, 5.74) is 3.60. The second-order valence-electron chi connectivity index (χ2n) is 6.04. The van der Waals surface area contributed by atoms with Gasteiger partial charge in [-0.05, 0) is 54.4 Å². The van der Waals surface area contributed by atoms with Crippen molar-refractivity contribution in [1.29, 1.82) is 0 Å². The summed E-state index contributed by atoms with van der Waals surface area (Å²) in [7, 11) is 1.61. The van der Waals surface area contributed by atoms with Gasteiger partial charge in [-0.2, -0.15) is 0 Å². The van der Waals surface area contributed by atoms with Crippen molar-refractivity contribution in [1.82, 2.24) is 4.98 Å². The molecule has 0 aliphatic heterocycles. The third-order valence-corrected chi connectivity index (χ3v) is 4.51. The van der Waals surface area contributed by atoms with Crippen LogP contribution in [0.5, 0.6) is 5.75 Å². The highest BCUT2D eigenvalue weighted by Crippen LogP contribution is 2.26. The molecule has 1 amide bonds. The smallest absolute Gasteiger partial charge is 0.229 e. The van der Waals surface area contributed by atoms with Crippen LogP contribution in [-0.4, -0.2) is 18.0 Å². The van der Waals surface area contributed by atoms with E-state index in [1.165, 1.54) is 0 Å². The summed E-state index contributed by atoms with van der Waals surface area (Å²) < 4.78 is 5.11. The molecule has 0 saturated carbocycles. The van der Waals surface area contributed by atoms with Crippen LogP contribution in [0.15, 0.2) is 60.8 Å². The Hall–Kier alpha value is -3.05. The average Bonchev–Trinajstić information content (AvgIpc) is 2.67. The van der Waals surface area contributed by atoms with E-state index < -0.39 is 0 Å². The third-order valence-electron chi connectivity index (χ3n) is 4.10. The highest BCUT2D eigenvalue weighted by molar-refractivity contribution is 6.31. The lowest BCUT2D eigenvalue weighted by Crippen LogP contribution is -2.15. The van der Waals surface area contributed by atoms with Crippen molar-refractivity contribution >= 4 is 34.7 Å². The summed E-state index contributed by atoms with van der Waals surface area (Å²) in [4.78, 5) is 16.5. The maximum atomic E-state index is 12.2. The summed E-state index contributed by atoms with van der Waals surface area (Å²) in [6, 6.07) is 16.7. The molecule has 5 nitrogen and oxygen atoms in total. The molecule has 0 radical (unpaired) electrons. The molecule has 27 heavy (non-hydrogen) atoms. The fourth-order valence-electron chi connectivity index (χ4n) is 2.56. The molecule has 0 aliphatic rings. The van der Waals surface area contributed by atoms with Gasteiger partial charge in [-0.25, -0.2) is 4.98 Å². The second-order valence-corrected chi connectivity index (χ2v) is 6.45. The molecule has 0 aliphatic carbocycles. The van der Waals surface area contributed by atoms with Gasteiger partial charge in [0.2, 0.25) is 5.91 Å². The van der Waals surface area contributed by atoms with Crippen molar-refractivity contribution in [3.8, 4) is 5.75 Å². The highest BCUT2D eigenvalue weighted by Gasteiger charge is 2.07. The van der Waals surface area contributed by atoms with Crippen LogP contribution in [0.4, 0.5) is 17.2 Å². The molecule has 0 atom stereocenters. The van der Waals surface area contributed by atoms with Gasteiger partial charge in [0.05, 0.1) is 25.4 Å². The number of anilines is 3. The number of hydrogen-bond acceptors (Lipinski definition) is 4. The Bertz CT molecular complexity index is 925. The number of amides is 1. The molecule has 2 N–H and O–H groups in total. The van der Waals surface area contributed by atoms with Crippen LogP contribution in [0.2, 0.25) is 5.02 Å². The molecule has 3 aromatic rings. The SMILES string of the molecule is COc1ccc(CC(=O)Nc2ccc(Nc3cccc(Cl)c3C)cn2)cc1. The quantitative estimate of drug-likeness (QED) is 0.632. The van der Waals surface area contributed by atoms with Gasteiger partial charge in [0.15, 0.2) is 0 Å². The first-order valence-corrected chi connectivity index (χ1v) is 8.84. The number of carbonyl (C=O) groups is 1. The maximum absolute atomic E-state index is 12.2. The first kappa shape index (κ1) is 18.7.